The van der Waals surface area contributed by atoms with Gasteiger partial charge < -0.3 is 10.0 Å². The number of aromatic carboxylic acids is 1. The van der Waals surface area contributed by atoms with Crippen LogP contribution in [0.4, 0.5) is 5.95 Å². The molecule has 0 amide bonds. The van der Waals surface area contributed by atoms with Crippen LogP contribution in [0.15, 0.2) is 18.3 Å². The number of hydrogen-bond acceptors (Lipinski definition) is 4. The van der Waals surface area contributed by atoms with Crippen LogP contribution >= 0.6 is 0 Å². The Labute approximate surface area is 94.5 Å². The first-order chi connectivity index (χ1) is 7.41. The van der Waals surface area contributed by atoms with Crippen LogP contribution in [0.2, 0.25) is 0 Å². The normalized spacial score (nSPS) is 9.94. The first-order valence-electron chi connectivity index (χ1n) is 4.84. The van der Waals surface area contributed by atoms with Gasteiger partial charge in [0, 0.05) is 19.8 Å². The highest BCUT2D eigenvalue weighted by atomic mass is 16.4. The minimum absolute atomic E-state index is 0.132. The molecule has 16 heavy (non-hydrogen) atoms. The zero-order valence-electron chi connectivity index (χ0n) is 9.69. The molecular formula is C11H15N3O2. The van der Waals surface area contributed by atoms with E-state index in [4.69, 9.17) is 5.11 Å². The molecule has 0 atom stereocenters. The smallest absolute Gasteiger partial charge is 0.339 e. The van der Waals surface area contributed by atoms with Gasteiger partial charge in [0.05, 0.1) is 11.3 Å². The van der Waals surface area contributed by atoms with Crippen molar-refractivity contribution in [1.82, 2.24) is 9.97 Å². The number of nitrogens with zero attached hydrogens (tertiary/aromatic N) is 3. The van der Waals surface area contributed by atoms with Crippen molar-refractivity contribution < 1.29 is 9.90 Å². The molecule has 1 rings (SSSR count). The predicted molar refractivity (Wildman–Crippen MR) is 61.8 cm³/mol. The van der Waals surface area contributed by atoms with Crippen LogP contribution in [0.25, 0.3) is 0 Å². The van der Waals surface area contributed by atoms with Crippen LogP contribution in [0.1, 0.15) is 23.0 Å². The average molecular weight is 221 g/mol. The van der Waals surface area contributed by atoms with Gasteiger partial charge in [0.25, 0.3) is 0 Å². The summed E-state index contributed by atoms with van der Waals surface area (Å²) in [6.07, 6.45) is 1.33. The molecule has 86 valence electrons. The van der Waals surface area contributed by atoms with Gasteiger partial charge >= 0.3 is 5.97 Å². The first kappa shape index (κ1) is 12.2. The van der Waals surface area contributed by atoms with E-state index in [1.54, 1.807) is 6.92 Å². The van der Waals surface area contributed by atoms with Crippen LogP contribution in [-0.4, -0.2) is 34.6 Å². The summed E-state index contributed by atoms with van der Waals surface area (Å²) in [5.74, 6) is -0.503. The molecule has 0 unspecified atom stereocenters. The summed E-state index contributed by atoms with van der Waals surface area (Å²) >= 11 is 0. The molecule has 0 aliphatic heterocycles. The molecule has 0 aliphatic rings. The van der Waals surface area contributed by atoms with E-state index in [-0.39, 0.29) is 5.56 Å². The minimum Gasteiger partial charge on any atom is -0.478 e. The van der Waals surface area contributed by atoms with Crippen molar-refractivity contribution in [3.05, 3.63) is 29.6 Å². The quantitative estimate of drug-likeness (QED) is 0.780. The number of aryl methyl sites for hydroxylation is 1. The maximum Gasteiger partial charge on any atom is 0.339 e. The van der Waals surface area contributed by atoms with E-state index in [1.165, 1.54) is 6.20 Å². The molecule has 0 radical (unpaired) electrons. The number of carboxylic acid groups (broad SMARTS) is 1. The standard InChI is InChI=1S/C11H15N3O2/c1-7(2)6-14(4)11-12-5-9(10(15)16)8(3)13-11/h5H,1,6H2,2-4H3,(H,15,16). The van der Waals surface area contributed by atoms with Crippen LogP contribution in [0, 0.1) is 6.92 Å². The van der Waals surface area contributed by atoms with E-state index < -0.39 is 5.97 Å². The second-order valence-electron chi connectivity index (χ2n) is 3.79. The van der Waals surface area contributed by atoms with Crippen molar-refractivity contribution in [3.8, 4) is 0 Å². The van der Waals surface area contributed by atoms with Crippen molar-refractivity contribution in [2.75, 3.05) is 18.5 Å². The molecule has 0 saturated carbocycles. The minimum atomic E-state index is -1.01. The zero-order valence-corrected chi connectivity index (χ0v) is 9.69. The Morgan fingerprint density at radius 2 is 2.25 bits per heavy atom. The number of rotatable bonds is 4. The van der Waals surface area contributed by atoms with Gasteiger partial charge in [-0.1, -0.05) is 12.2 Å². The molecule has 0 aromatic carbocycles. The third-order valence-corrected chi connectivity index (χ3v) is 2.05. The third kappa shape index (κ3) is 2.79. The molecule has 0 fully saturated rings. The van der Waals surface area contributed by atoms with Crippen molar-refractivity contribution in [2.45, 2.75) is 13.8 Å². The van der Waals surface area contributed by atoms with Crippen LogP contribution in [0.5, 0.6) is 0 Å². The predicted octanol–water partition coefficient (Wildman–Crippen LogP) is 1.50. The first-order valence-corrected chi connectivity index (χ1v) is 4.84. The van der Waals surface area contributed by atoms with Gasteiger partial charge in [-0.2, -0.15) is 0 Å². The monoisotopic (exact) mass is 221 g/mol. The fourth-order valence-corrected chi connectivity index (χ4v) is 1.32. The van der Waals surface area contributed by atoms with E-state index in [9.17, 15) is 4.79 Å². The van der Waals surface area contributed by atoms with Crippen molar-refractivity contribution in [3.63, 3.8) is 0 Å². The Morgan fingerprint density at radius 3 is 2.69 bits per heavy atom. The molecule has 1 N–H and O–H groups in total. The lowest BCUT2D eigenvalue weighted by molar-refractivity contribution is 0.0695. The lowest BCUT2D eigenvalue weighted by atomic mass is 10.2. The summed E-state index contributed by atoms with van der Waals surface area (Å²) in [6.45, 7) is 8.01. The number of hydrogen-bond donors (Lipinski definition) is 1. The third-order valence-electron chi connectivity index (χ3n) is 2.05. The van der Waals surface area contributed by atoms with Gasteiger partial charge in [-0.3, -0.25) is 0 Å². The Kier molecular flexibility index (Phi) is 3.60. The molecule has 1 heterocycles. The molecule has 5 heteroatoms. The molecule has 0 saturated heterocycles. The van der Waals surface area contributed by atoms with Gasteiger partial charge in [0.1, 0.15) is 0 Å². The Morgan fingerprint density at radius 1 is 1.62 bits per heavy atom. The highest BCUT2D eigenvalue weighted by molar-refractivity contribution is 5.88. The fourth-order valence-electron chi connectivity index (χ4n) is 1.32. The molecule has 1 aromatic rings. The Bertz CT molecular complexity index is 429. The fraction of sp³-hybridized carbons (Fsp3) is 0.364. The Balaban J connectivity index is 2.96. The number of carbonyl (C=O) groups is 1. The van der Waals surface area contributed by atoms with Crippen LogP contribution in [0.3, 0.4) is 0 Å². The van der Waals surface area contributed by atoms with Gasteiger partial charge in [-0.05, 0) is 13.8 Å². The van der Waals surface area contributed by atoms with Gasteiger partial charge in [0.15, 0.2) is 0 Å². The van der Waals surface area contributed by atoms with Crippen molar-refractivity contribution in [2.24, 2.45) is 0 Å². The lowest BCUT2D eigenvalue weighted by Crippen LogP contribution is -2.22. The maximum absolute atomic E-state index is 10.8. The van der Waals surface area contributed by atoms with Gasteiger partial charge in [-0.15, -0.1) is 0 Å². The van der Waals surface area contributed by atoms with E-state index >= 15 is 0 Å². The van der Waals surface area contributed by atoms with Crippen molar-refractivity contribution >= 4 is 11.9 Å². The summed E-state index contributed by atoms with van der Waals surface area (Å²) in [5.41, 5.74) is 1.59. The van der Waals surface area contributed by atoms with Crippen LogP contribution < -0.4 is 4.90 Å². The topological polar surface area (TPSA) is 66.3 Å². The van der Waals surface area contributed by atoms with Crippen molar-refractivity contribution in [1.29, 1.82) is 0 Å². The molecule has 0 aliphatic carbocycles. The maximum atomic E-state index is 10.8. The second kappa shape index (κ2) is 4.74. The summed E-state index contributed by atoms with van der Waals surface area (Å²) in [7, 11) is 1.84. The Hall–Kier alpha value is -1.91. The van der Waals surface area contributed by atoms with Gasteiger partial charge in [0.2, 0.25) is 5.95 Å². The zero-order chi connectivity index (χ0) is 12.3. The van der Waals surface area contributed by atoms with E-state index in [0.717, 1.165) is 5.57 Å². The van der Waals surface area contributed by atoms with E-state index in [0.29, 0.717) is 18.2 Å². The molecule has 1 aromatic heterocycles. The average Bonchev–Trinajstić information content (AvgIpc) is 2.15. The molecule has 0 spiro atoms. The van der Waals surface area contributed by atoms with E-state index in [2.05, 4.69) is 16.5 Å². The van der Waals surface area contributed by atoms with Gasteiger partial charge in [-0.25, -0.2) is 14.8 Å². The van der Waals surface area contributed by atoms with Crippen LogP contribution in [-0.2, 0) is 0 Å². The lowest BCUT2D eigenvalue weighted by Gasteiger charge is -2.17. The summed E-state index contributed by atoms with van der Waals surface area (Å²) < 4.78 is 0. The molecule has 0 bridgehead atoms. The second-order valence-corrected chi connectivity index (χ2v) is 3.79. The number of aromatic nitrogens is 2. The highest BCUT2D eigenvalue weighted by Crippen LogP contribution is 2.10. The summed E-state index contributed by atoms with van der Waals surface area (Å²) in [6, 6.07) is 0. The molecular weight excluding hydrogens is 206 g/mol. The SMILES string of the molecule is C=C(C)CN(C)c1ncc(C(=O)O)c(C)n1. The molecule has 5 nitrogen and oxygen atoms in total. The summed E-state index contributed by atoms with van der Waals surface area (Å²) in [5, 5.41) is 8.83. The highest BCUT2D eigenvalue weighted by Gasteiger charge is 2.11. The number of carboxylic acids is 1. The number of anilines is 1. The van der Waals surface area contributed by atoms with E-state index in [1.807, 2.05) is 18.9 Å². The summed E-state index contributed by atoms with van der Waals surface area (Å²) in [4.78, 5) is 20.7. The number of likely N-dealkylation sites (N-methyl/N-ethyl adjacent to an activating group) is 1. The largest absolute Gasteiger partial charge is 0.478 e.